The molecule has 0 saturated carbocycles. The lowest BCUT2D eigenvalue weighted by atomic mass is 10.1. The van der Waals surface area contributed by atoms with Crippen LogP contribution in [-0.4, -0.2) is 34.0 Å². The van der Waals surface area contributed by atoms with Crippen LogP contribution in [0.4, 0.5) is 24.0 Å². The number of aliphatic carboxylic acids is 1. The van der Waals surface area contributed by atoms with Crippen LogP contribution >= 0.6 is 23.1 Å². The van der Waals surface area contributed by atoms with Gasteiger partial charge in [-0.2, -0.15) is 13.2 Å². The SMILES string of the molecule is Cc1ccccc1-c1csc(N(Cc2ccc(C(=O)NCCC(=O)O)cc2)c2ccc(SC(F)(F)F)cc2)n1. The van der Waals surface area contributed by atoms with Gasteiger partial charge in [0.05, 0.1) is 18.7 Å². The van der Waals surface area contributed by atoms with E-state index in [2.05, 4.69) is 5.32 Å². The lowest BCUT2D eigenvalue weighted by Crippen LogP contribution is -2.26. The second-order valence-corrected chi connectivity index (χ2v) is 10.5. The first kappa shape index (κ1) is 28.2. The molecule has 4 aromatic rings. The number of aromatic nitrogens is 1. The number of carbonyl (C=O) groups is 2. The van der Waals surface area contributed by atoms with Crippen LogP contribution in [0, 0.1) is 6.92 Å². The third-order valence-corrected chi connectivity index (χ3v) is 7.31. The second kappa shape index (κ2) is 12.4. The average molecular weight is 572 g/mol. The molecule has 0 aliphatic heterocycles. The van der Waals surface area contributed by atoms with Crippen molar-refractivity contribution in [2.75, 3.05) is 11.4 Å². The zero-order valence-corrected chi connectivity index (χ0v) is 22.4. The minimum absolute atomic E-state index is 0.0274. The number of hydrogen-bond donors (Lipinski definition) is 2. The average Bonchev–Trinajstić information content (AvgIpc) is 3.37. The summed E-state index contributed by atoms with van der Waals surface area (Å²) >= 11 is 1.26. The van der Waals surface area contributed by atoms with Gasteiger partial charge in [-0.15, -0.1) is 11.3 Å². The fourth-order valence-electron chi connectivity index (χ4n) is 3.80. The molecule has 2 N–H and O–H groups in total. The van der Waals surface area contributed by atoms with Gasteiger partial charge in [-0.1, -0.05) is 36.4 Å². The zero-order valence-electron chi connectivity index (χ0n) is 20.7. The molecule has 0 bridgehead atoms. The number of nitrogens with zero attached hydrogens (tertiary/aromatic N) is 2. The topological polar surface area (TPSA) is 82.5 Å². The number of thioether (sulfide) groups is 1. The molecule has 0 radical (unpaired) electrons. The molecular weight excluding hydrogens is 547 g/mol. The van der Waals surface area contributed by atoms with Gasteiger partial charge in [-0.3, -0.25) is 9.59 Å². The first-order valence-corrected chi connectivity index (χ1v) is 13.5. The lowest BCUT2D eigenvalue weighted by molar-refractivity contribution is -0.136. The van der Waals surface area contributed by atoms with Crippen molar-refractivity contribution in [1.82, 2.24) is 10.3 Å². The van der Waals surface area contributed by atoms with Crippen LogP contribution in [0.3, 0.4) is 0 Å². The minimum atomic E-state index is -4.37. The molecular formula is C28H24F3N3O3S2. The number of aryl methyl sites for hydroxylation is 1. The fourth-order valence-corrected chi connectivity index (χ4v) is 5.18. The van der Waals surface area contributed by atoms with Crippen molar-refractivity contribution in [3.05, 3.63) is 94.9 Å². The van der Waals surface area contributed by atoms with E-state index >= 15 is 0 Å². The van der Waals surface area contributed by atoms with Crippen molar-refractivity contribution >= 4 is 45.8 Å². The van der Waals surface area contributed by atoms with Crippen molar-refractivity contribution in [3.8, 4) is 11.3 Å². The summed E-state index contributed by atoms with van der Waals surface area (Å²) in [5, 5.41) is 13.9. The highest BCUT2D eigenvalue weighted by atomic mass is 32.2. The van der Waals surface area contributed by atoms with Crippen LogP contribution < -0.4 is 10.2 Å². The Morgan fingerprint density at radius 3 is 2.36 bits per heavy atom. The molecule has 1 heterocycles. The number of amides is 1. The van der Waals surface area contributed by atoms with Crippen molar-refractivity contribution in [2.24, 2.45) is 0 Å². The predicted molar refractivity (Wildman–Crippen MR) is 148 cm³/mol. The summed E-state index contributed by atoms with van der Waals surface area (Å²) in [6.07, 6.45) is -0.169. The van der Waals surface area contributed by atoms with E-state index in [1.807, 2.05) is 41.5 Å². The quantitative estimate of drug-likeness (QED) is 0.195. The van der Waals surface area contributed by atoms with E-state index in [4.69, 9.17) is 10.1 Å². The third-order valence-electron chi connectivity index (χ3n) is 5.71. The normalized spacial score (nSPS) is 11.3. The monoisotopic (exact) mass is 571 g/mol. The molecule has 39 heavy (non-hydrogen) atoms. The smallest absolute Gasteiger partial charge is 0.446 e. The van der Waals surface area contributed by atoms with Gasteiger partial charge < -0.3 is 15.3 Å². The molecule has 3 aromatic carbocycles. The Morgan fingerprint density at radius 1 is 1.03 bits per heavy atom. The molecule has 4 rings (SSSR count). The molecule has 0 atom stereocenters. The number of thiazole rings is 1. The minimum Gasteiger partial charge on any atom is -0.481 e. The highest BCUT2D eigenvalue weighted by Crippen LogP contribution is 2.39. The van der Waals surface area contributed by atoms with Gasteiger partial charge in [0.25, 0.3) is 5.91 Å². The largest absolute Gasteiger partial charge is 0.481 e. The van der Waals surface area contributed by atoms with Crippen molar-refractivity contribution in [2.45, 2.75) is 30.3 Å². The Hall–Kier alpha value is -3.83. The predicted octanol–water partition coefficient (Wildman–Crippen LogP) is 7.27. The number of nitrogens with one attached hydrogen (secondary N) is 1. The number of halogens is 3. The maximum atomic E-state index is 12.8. The number of rotatable bonds is 10. The van der Waals surface area contributed by atoms with Gasteiger partial charge >= 0.3 is 11.5 Å². The van der Waals surface area contributed by atoms with E-state index < -0.39 is 11.5 Å². The standard InChI is InChI=1S/C28H24F3N3O3S2/c1-18-4-2-3-5-23(18)24-17-38-27(33-24)34(21-10-12-22(13-11-21)39-28(29,30)31)16-19-6-8-20(9-7-19)26(37)32-15-14-25(35)36/h2-13,17H,14-16H2,1H3,(H,32,37)(H,35,36). The first-order valence-electron chi connectivity index (χ1n) is 11.8. The second-order valence-electron chi connectivity index (χ2n) is 8.55. The number of benzene rings is 3. The molecule has 0 fully saturated rings. The van der Waals surface area contributed by atoms with E-state index in [9.17, 15) is 22.8 Å². The Labute approximate surface area is 231 Å². The van der Waals surface area contributed by atoms with Crippen molar-refractivity contribution < 1.29 is 27.9 Å². The van der Waals surface area contributed by atoms with E-state index in [-0.39, 0.29) is 35.5 Å². The van der Waals surface area contributed by atoms with Crippen LogP contribution in [-0.2, 0) is 11.3 Å². The number of hydrogen-bond acceptors (Lipinski definition) is 6. The van der Waals surface area contributed by atoms with Gasteiger partial charge in [-0.25, -0.2) is 4.98 Å². The maximum absolute atomic E-state index is 12.8. The maximum Gasteiger partial charge on any atom is 0.446 e. The summed E-state index contributed by atoms with van der Waals surface area (Å²) in [5.41, 5.74) is 0.402. The van der Waals surface area contributed by atoms with E-state index in [0.717, 1.165) is 22.4 Å². The van der Waals surface area contributed by atoms with E-state index in [1.165, 1.54) is 23.5 Å². The van der Waals surface area contributed by atoms with Gasteiger partial charge in [0.2, 0.25) is 0 Å². The Kier molecular flexibility index (Phi) is 8.93. The van der Waals surface area contributed by atoms with Crippen molar-refractivity contribution in [1.29, 1.82) is 0 Å². The van der Waals surface area contributed by atoms with Crippen LogP contribution in [0.1, 0.15) is 27.9 Å². The highest BCUT2D eigenvalue weighted by molar-refractivity contribution is 8.00. The molecule has 202 valence electrons. The Balaban J connectivity index is 1.59. The third kappa shape index (κ3) is 7.84. The van der Waals surface area contributed by atoms with Crippen LogP contribution in [0.5, 0.6) is 0 Å². The van der Waals surface area contributed by atoms with Crippen molar-refractivity contribution in [3.63, 3.8) is 0 Å². The summed E-state index contributed by atoms with van der Waals surface area (Å²) in [6.45, 7) is 2.38. The summed E-state index contributed by atoms with van der Waals surface area (Å²) in [5.74, 6) is -1.37. The Bertz CT molecular complexity index is 1440. The number of alkyl halides is 3. The summed E-state index contributed by atoms with van der Waals surface area (Å²) in [4.78, 5) is 29.8. The summed E-state index contributed by atoms with van der Waals surface area (Å²) in [7, 11) is 0. The molecule has 0 saturated heterocycles. The number of carboxylic acids is 1. The molecule has 0 spiro atoms. The number of anilines is 2. The fraction of sp³-hybridized carbons (Fsp3) is 0.179. The van der Waals surface area contributed by atoms with Gasteiger partial charge in [0.15, 0.2) is 5.13 Å². The van der Waals surface area contributed by atoms with Gasteiger partial charge in [0.1, 0.15) is 0 Å². The van der Waals surface area contributed by atoms with Crippen LogP contribution in [0.2, 0.25) is 0 Å². The zero-order chi connectivity index (χ0) is 28.0. The molecule has 0 unspecified atom stereocenters. The summed E-state index contributed by atoms with van der Waals surface area (Å²) in [6, 6.07) is 20.9. The highest BCUT2D eigenvalue weighted by Gasteiger charge is 2.29. The number of carbonyl (C=O) groups excluding carboxylic acids is 1. The van der Waals surface area contributed by atoms with Crippen LogP contribution in [0.25, 0.3) is 11.3 Å². The molecule has 1 amide bonds. The Morgan fingerprint density at radius 2 is 1.72 bits per heavy atom. The first-order chi connectivity index (χ1) is 18.6. The molecule has 11 heteroatoms. The molecule has 0 aliphatic carbocycles. The molecule has 6 nitrogen and oxygen atoms in total. The van der Waals surface area contributed by atoms with E-state index in [0.29, 0.717) is 22.9 Å². The van der Waals surface area contributed by atoms with E-state index in [1.54, 1.807) is 36.4 Å². The van der Waals surface area contributed by atoms with Crippen LogP contribution in [0.15, 0.2) is 83.1 Å². The lowest BCUT2D eigenvalue weighted by Gasteiger charge is -2.23. The van der Waals surface area contributed by atoms with Gasteiger partial charge in [-0.05, 0) is 66.2 Å². The summed E-state index contributed by atoms with van der Waals surface area (Å²) < 4.78 is 38.5. The molecule has 0 aliphatic rings. The van der Waals surface area contributed by atoms with Gasteiger partial charge in [0, 0.05) is 33.6 Å². The molecule has 1 aromatic heterocycles. The number of carboxylic acid groups (broad SMARTS) is 1.